The predicted molar refractivity (Wildman–Crippen MR) is 80.5 cm³/mol. The van der Waals surface area contributed by atoms with Crippen molar-refractivity contribution in [1.82, 2.24) is 9.55 Å². The smallest absolute Gasteiger partial charge is 0.326 e. The highest BCUT2D eigenvalue weighted by atomic mass is 32.2. The van der Waals surface area contributed by atoms with Crippen LogP contribution < -0.4 is 10.4 Å². The summed E-state index contributed by atoms with van der Waals surface area (Å²) in [6.07, 6.45) is 2.23. The molecule has 0 amide bonds. The van der Waals surface area contributed by atoms with Crippen LogP contribution in [0.1, 0.15) is 19.3 Å². The van der Waals surface area contributed by atoms with Gasteiger partial charge in [0.25, 0.3) is 0 Å². The molecule has 6 nitrogen and oxygen atoms in total. The third kappa shape index (κ3) is 2.46. The van der Waals surface area contributed by atoms with Crippen molar-refractivity contribution in [2.75, 3.05) is 12.9 Å². The molecule has 0 radical (unpaired) electrons. The van der Waals surface area contributed by atoms with Crippen LogP contribution in [0.25, 0.3) is 11.0 Å². The second-order valence-corrected chi connectivity index (χ2v) is 7.78. The van der Waals surface area contributed by atoms with E-state index in [0.717, 1.165) is 12.8 Å². The maximum absolute atomic E-state index is 12.1. The van der Waals surface area contributed by atoms with Gasteiger partial charge in [0.1, 0.15) is 11.3 Å². The number of sulfone groups is 1. The van der Waals surface area contributed by atoms with Gasteiger partial charge < -0.3 is 9.72 Å². The first-order chi connectivity index (χ1) is 10.0. The number of para-hydroxylation sites is 1. The Hall–Kier alpha value is -1.76. The maximum Gasteiger partial charge on any atom is 0.326 e. The van der Waals surface area contributed by atoms with Crippen molar-refractivity contribution in [1.29, 1.82) is 0 Å². The fraction of sp³-hybridized carbons (Fsp3) is 0.500. The van der Waals surface area contributed by atoms with Crippen LogP contribution >= 0.6 is 0 Å². The summed E-state index contributed by atoms with van der Waals surface area (Å²) in [7, 11) is -1.57. The standard InChI is InChI=1S/C14H18N2O4S/c1-20-12-7-4-6-11-13(12)15-14(17)16(11)9-10-5-2-3-8-21(10,18)19/h4,6-7,10H,2-3,5,8-9H2,1H3,(H,15,17). The minimum atomic E-state index is -3.11. The largest absolute Gasteiger partial charge is 0.494 e. The number of nitrogens with zero attached hydrogens (tertiary/aromatic N) is 1. The molecule has 0 aliphatic carbocycles. The second kappa shape index (κ2) is 5.22. The summed E-state index contributed by atoms with van der Waals surface area (Å²) in [4.78, 5) is 14.9. The molecule has 7 heteroatoms. The molecule has 0 saturated carbocycles. The Morgan fingerprint density at radius 2 is 2.19 bits per heavy atom. The van der Waals surface area contributed by atoms with Crippen molar-refractivity contribution in [3.05, 3.63) is 28.7 Å². The summed E-state index contributed by atoms with van der Waals surface area (Å²) in [6, 6.07) is 5.35. The van der Waals surface area contributed by atoms with Gasteiger partial charge in [0.2, 0.25) is 0 Å². The number of fused-ring (bicyclic) bond motifs is 1. The van der Waals surface area contributed by atoms with Crippen LogP contribution in [-0.4, -0.2) is 36.1 Å². The van der Waals surface area contributed by atoms with Crippen LogP contribution in [0.5, 0.6) is 5.75 Å². The molecule has 1 aromatic heterocycles. The van der Waals surface area contributed by atoms with E-state index >= 15 is 0 Å². The van der Waals surface area contributed by atoms with Gasteiger partial charge in [-0.05, 0) is 25.0 Å². The number of imidazole rings is 1. The van der Waals surface area contributed by atoms with E-state index in [9.17, 15) is 13.2 Å². The molecule has 1 aliphatic heterocycles. The Morgan fingerprint density at radius 1 is 1.38 bits per heavy atom. The number of methoxy groups -OCH3 is 1. The van der Waals surface area contributed by atoms with E-state index in [1.807, 2.05) is 0 Å². The monoisotopic (exact) mass is 310 g/mol. The number of aromatic nitrogens is 2. The van der Waals surface area contributed by atoms with Gasteiger partial charge in [0.15, 0.2) is 9.84 Å². The van der Waals surface area contributed by atoms with Gasteiger partial charge in [0, 0.05) is 6.54 Å². The summed E-state index contributed by atoms with van der Waals surface area (Å²) in [5.74, 6) is 0.799. The van der Waals surface area contributed by atoms with E-state index in [0.29, 0.717) is 23.2 Å². The molecule has 3 rings (SSSR count). The second-order valence-electron chi connectivity index (χ2n) is 5.38. The van der Waals surface area contributed by atoms with Crippen molar-refractivity contribution in [2.24, 2.45) is 0 Å². The first-order valence-corrected chi connectivity index (χ1v) is 8.71. The fourth-order valence-electron chi connectivity index (χ4n) is 2.94. The Balaban J connectivity index is 2.05. The molecule has 1 atom stereocenters. The van der Waals surface area contributed by atoms with Crippen LogP contribution in [0.4, 0.5) is 0 Å². The highest BCUT2D eigenvalue weighted by Crippen LogP contribution is 2.25. The summed E-state index contributed by atoms with van der Waals surface area (Å²) in [5.41, 5.74) is 0.994. The van der Waals surface area contributed by atoms with Crippen molar-refractivity contribution in [3.8, 4) is 5.75 Å². The van der Waals surface area contributed by atoms with E-state index in [-0.39, 0.29) is 18.0 Å². The summed E-state index contributed by atoms with van der Waals surface area (Å²) >= 11 is 0. The number of benzene rings is 1. The van der Waals surface area contributed by atoms with Crippen molar-refractivity contribution < 1.29 is 13.2 Å². The molecule has 0 spiro atoms. The first kappa shape index (κ1) is 14.2. The van der Waals surface area contributed by atoms with Gasteiger partial charge >= 0.3 is 5.69 Å². The molecule has 2 heterocycles. The number of ether oxygens (including phenoxy) is 1. The lowest BCUT2D eigenvalue weighted by atomic mass is 10.2. The maximum atomic E-state index is 12.1. The SMILES string of the molecule is COc1cccc2c1[nH]c(=O)n2CC1CCCCS1(=O)=O. The van der Waals surface area contributed by atoms with Crippen LogP contribution in [-0.2, 0) is 16.4 Å². The van der Waals surface area contributed by atoms with Gasteiger partial charge in [-0.25, -0.2) is 13.2 Å². The van der Waals surface area contributed by atoms with E-state index in [2.05, 4.69) is 4.98 Å². The average Bonchev–Trinajstić information content (AvgIpc) is 2.77. The molecule has 114 valence electrons. The van der Waals surface area contributed by atoms with Gasteiger partial charge in [-0.2, -0.15) is 0 Å². The average molecular weight is 310 g/mol. The number of hydrogen-bond donors (Lipinski definition) is 1. The van der Waals surface area contributed by atoms with Crippen molar-refractivity contribution in [2.45, 2.75) is 31.1 Å². The minimum absolute atomic E-state index is 0.203. The van der Waals surface area contributed by atoms with Gasteiger partial charge in [-0.15, -0.1) is 0 Å². The van der Waals surface area contributed by atoms with Gasteiger partial charge in [0.05, 0.1) is 23.6 Å². The highest BCUT2D eigenvalue weighted by Gasteiger charge is 2.30. The van der Waals surface area contributed by atoms with Crippen molar-refractivity contribution >= 4 is 20.9 Å². The van der Waals surface area contributed by atoms with Crippen LogP contribution in [0.3, 0.4) is 0 Å². The number of aromatic amines is 1. The summed E-state index contributed by atoms with van der Waals surface area (Å²) < 4.78 is 31.0. The number of hydrogen-bond acceptors (Lipinski definition) is 4. The lowest BCUT2D eigenvalue weighted by Crippen LogP contribution is -2.34. The molecule has 1 fully saturated rings. The molecule has 21 heavy (non-hydrogen) atoms. The Bertz CT molecular complexity index is 819. The van der Waals surface area contributed by atoms with Crippen LogP contribution in [0.2, 0.25) is 0 Å². The molecule has 1 unspecified atom stereocenters. The molecular weight excluding hydrogens is 292 g/mol. The lowest BCUT2D eigenvalue weighted by Gasteiger charge is -2.22. The summed E-state index contributed by atoms with van der Waals surface area (Å²) in [6.45, 7) is 0.203. The minimum Gasteiger partial charge on any atom is -0.494 e. The zero-order valence-electron chi connectivity index (χ0n) is 11.8. The number of rotatable bonds is 3. The molecular formula is C14H18N2O4S. The zero-order valence-corrected chi connectivity index (χ0v) is 12.6. The molecule has 1 N–H and O–H groups in total. The first-order valence-electron chi connectivity index (χ1n) is 7.00. The number of nitrogens with one attached hydrogen (secondary N) is 1. The fourth-order valence-corrected chi connectivity index (χ4v) is 4.78. The molecule has 1 saturated heterocycles. The van der Waals surface area contributed by atoms with Gasteiger partial charge in [-0.3, -0.25) is 4.57 Å². The lowest BCUT2D eigenvalue weighted by molar-refractivity contribution is 0.419. The van der Waals surface area contributed by atoms with Crippen molar-refractivity contribution in [3.63, 3.8) is 0 Å². The van der Waals surface area contributed by atoms with E-state index < -0.39 is 15.1 Å². The summed E-state index contributed by atoms with van der Waals surface area (Å²) in [5, 5.41) is -0.478. The van der Waals surface area contributed by atoms with E-state index in [1.54, 1.807) is 18.2 Å². The molecule has 1 aromatic carbocycles. The quantitative estimate of drug-likeness (QED) is 0.926. The predicted octanol–water partition coefficient (Wildman–Crippen LogP) is 1.31. The Morgan fingerprint density at radius 3 is 2.90 bits per heavy atom. The van der Waals surface area contributed by atoms with Crippen LogP contribution in [0, 0.1) is 0 Å². The molecule has 2 aromatic rings. The molecule has 0 bridgehead atoms. The van der Waals surface area contributed by atoms with E-state index in [4.69, 9.17) is 4.74 Å². The van der Waals surface area contributed by atoms with Gasteiger partial charge in [-0.1, -0.05) is 12.5 Å². The van der Waals surface area contributed by atoms with Crippen LogP contribution in [0.15, 0.2) is 23.0 Å². The Labute approximate surface area is 122 Å². The topological polar surface area (TPSA) is 81.2 Å². The highest BCUT2D eigenvalue weighted by molar-refractivity contribution is 7.92. The number of H-pyrrole nitrogens is 1. The normalized spacial score (nSPS) is 21.5. The third-order valence-electron chi connectivity index (χ3n) is 4.09. The third-order valence-corrected chi connectivity index (χ3v) is 6.35. The molecule has 1 aliphatic rings. The zero-order chi connectivity index (χ0) is 15.0. The Kier molecular flexibility index (Phi) is 3.52. The van der Waals surface area contributed by atoms with E-state index in [1.165, 1.54) is 11.7 Å².